The Balaban J connectivity index is 1.11. The summed E-state index contributed by atoms with van der Waals surface area (Å²) in [5, 5.41) is 2.38. The van der Waals surface area contributed by atoms with Gasteiger partial charge >= 0.3 is 0 Å². The molecule has 0 saturated heterocycles. The van der Waals surface area contributed by atoms with Crippen LogP contribution in [0.4, 0.5) is 11.4 Å². The standard InChI is InChI=1S/C59H62N4O/c1-56(2,3)43-25-28-52-51(34-43)50-27-26-49(37-53(50)63(52)55-35-44(29-30-60-55)57(4,5)6)64-48-24-18-23-46(36-48)61-38-54(59(10,11)42-21-16-13-17-22-42)62(39-61)47-32-41(40-19-14-12-15-20-40)31-45(33-47)58(7,8)9/h12-38H,39H2,1-11H3. The minimum atomic E-state index is -0.294. The van der Waals surface area contributed by atoms with Crippen molar-refractivity contribution >= 4 is 33.2 Å². The molecule has 0 aliphatic carbocycles. The van der Waals surface area contributed by atoms with Crippen molar-refractivity contribution < 1.29 is 4.74 Å². The molecule has 0 spiro atoms. The molecule has 1 aliphatic rings. The molecule has 3 heterocycles. The fraction of sp³-hybridized carbons (Fsp3) is 0.271. The van der Waals surface area contributed by atoms with Crippen molar-refractivity contribution in [2.24, 2.45) is 0 Å². The molecule has 0 N–H and O–H groups in total. The number of aromatic nitrogens is 2. The van der Waals surface area contributed by atoms with Crippen LogP contribution >= 0.6 is 0 Å². The molecule has 6 aromatic carbocycles. The van der Waals surface area contributed by atoms with Crippen molar-refractivity contribution in [2.45, 2.75) is 97.8 Å². The maximum absolute atomic E-state index is 6.83. The number of pyridine rings is 1. The van der Waals surface area contributed by atoms with Gasteiger partial charge in [0.25, 0.3) is 0 Å². The summed E-state index contributed by atoms with van der Waals surface area (Å²) in [6, 6.07) is 54.9. The first-order chi connectivity index (χ1) is 30.3. The molecule has 8 aromatic rings. The van der Waals surface area contributed by atoms with Crippen LogP contribution in [0.25, 0.3) is 38.8 Å². The van der Waals surface area contributed by atoms with Gasteiger partial charge < -0.3 is 14.5 Å². The molecule has 0 amide bonds. The molecule has 0 fully saturated rings. The Kier molecular flexibility index (Phi) is 10.6. The normalized spacial score (nSPS) is 13.8. The lowest BCUT2D eigenvalue weighted by Gasteiger charge is -2.35. The Labute approximate surface area is 380 Å². The second-order valence-corrected chi connectivity index (χ2v) is 21.2. The van der Waals surface area contributed by atoms with Gasteiger partial charge in [0.1, 0.15) is 17.3 Å². The molecule has 2 aromatic heterocycles. The zero-order chi connectivity index (χ0) is 45.2. The van der Waals surface area contributed by atoms with Gasteiger partial charge in [-0.3, -0.25) is 4.57 Å². The topological polar surface area (TPSA) is 33.5 Å². The van der Waals surface area contributed by atoms with E-state index < -0.39 is 0 Å². The molecule has 0 saturated carbocycles. The van der Waals surface area contributed by atoms with E-state index in [0.717, 1.165) is 34.0 Å². The zero-order valence-corrected chi connectivity index (χ0v) is 39.5. The van der Waals surface area contributed by atoms with Gasteiger partial charge in [-0.2, -0.15) is 0 Å². The van der Waals surface area contributed by atoms with Gasteiger partial charge in [0, 0.05) is 57.8 Å². The van der Waals surface area contributed by atoms with Gasteiger partial charge in [-0.25, -0.2) is 4.98 Å². The molecule has 0 bridgehead atoms. The highest BCUT2D eigenvalue weighted by molar-refractivity contribution is 6.09. The fourth-order valence-electron chi connectivity index (χ4n) is 9.01. The highest BCUT2D eigenvalue weighted by Crippen LogP contribution is 2.44. The molecule has 5 nitrogen and oxygen atoms in total. The third kappa shape index (κ3) is 8.20. The van der Waals surface area contributed by atoms with E-state index in [2.05, 4.69) is 248 Å². The lowest BCUT2D eigenvalue weighted by molar-refractivity contribution is 0.483. The predicted molar refractivity (Wildman–Crippen MR) is 270 cm³/mol. The lowest BCUT2D eigenvalue weighted by atomic mass is 9.80. The number of benzene rings is 6. The SMILES string of the molecule is CC(C)(C)c1cc(-c2ccccc2)cc(N2CN(c3cccc(Oc4ccc5c6cc(C(C)(C)C)ccc6n(-c6cc(C(C)(C)C)ccn6)c5c4)c3)C=C2C(C)(C)c2ccccc2)c1. The van der Waals surface area contributed by atoms with Crippen LogP contribution in [0, 0.1) is 0 Å². The van der Waals surface area contributed by atoms with Gasteiger partial charge in [0.2, 0.25) is 0 Å². The number of anilines is 2. The summed E-state index contributed by atoms with van der Waals surface area (Å²) in [4.78, 5) is 9.82. The van der Waals surface area contributed by atoms with Gasteiger partial charge in [-0.05, 0) is 110 Å². The number of allylic oxidation sites excluding steroid dienone is 1. The summed E-state index contributed by atoms with van der Waals surface area (Å²) < 4.78 is 9.13. The van der Waals surface area contributed by atoms with E-state index in [9.17, 15) is 0 Å². The molecular formula is C59H62N4O. The third-order valence-electron chi connectivity index (χ3n) is 13.0. The van der Waals surface area contributed by atoms with E-state index in [0.29, 0.717) is 6.67 Å². The summed E-state index contributed by atoms with van der Waals surface area (Å²) in [6.07, 6.45) is 4.28. The molecule has 324 valence electrons. The van der Waals surface area contributed by atoms with Crippen molar-refractivity contribution in [3.8, 4) is 28.4 Å². The number of nitrogens with zero attached hydrogens (tertiary/aromatic N) is 4. The molecule has 9 rings (SSSR count). The first-order valence-corrected chi connectivity index (χ1v) is 22.7. The van der Waals surface area contributed by atoms with E-state index in [-0.39, 0.29) is 21.7 Å². The minimum Gasteiger partial charge on any atom is -0.457 e. The smallest absolute Gasteiger partial charge is 0.137 e. The molecule has 1 aliphatic heterocycles. The van der Waals surface area contributed by atoms with E-state index in [4.69, 9.17) is 9.72 Å². The minimum absolute atomic E-state index is 0.0161. The second-order valence-electron chi connectivity index (χ2n) is 21.2. The average Bonchev–Trinajstić information content (AvgIpc) is 3.87. The van der Waals surface area contributed by atoms with Crippen LogP contribution in [0.1, 0.15) is 98.4 Å². The number of fused-ring (bicyclic) bond motifs is 3. The maximum atomic E-state index is 6.83. The molecule has 5 heteroatoms. The maximum Gasteiger partial charge on any atom is 0.137 e. The highest BCUT2D eigenvalue weighted by Gasteiger charge is 2.36. The van der Waals surface area contributed by atoms with Crippen LogP contribution in [0.2, 0.25) is 0 Å². The Bertz CT molecular complexity index is 3030. The highest BCUT2D eigenvalue weighted by atomic mass is 16.5. The fourth-order valence-corrected chi connectivity index (χ4v) is 9.01. The van der Waals surface area contributed by atoms with Gasteiger partial charge in [0.05, 0.1) is 17.7 Å². The summed E-state index contributed by atoms with van der Waals surface area (Å²) >= 11 is 0. The van der Waals surface area contributed by atoms with E-state index in [1.54, 1.807) is 0 Å². The first-order valence-electron chi connectivity index (χ1n) is 22.7. The summed E-state index contributed by atoms with van der Waals surface area (Å²) in [5.74, 6) is 2.45. The number of hydrogen-bond acceptors (Lipinski definition) is 4. The van der Waals surface area contributed by atoms with Gasteiger partial charge in [-0.15, -0.1) is 0 Å². The van der Waals surface area contributed by atoms with Crippen molar-refractivity contribution in [3.63, 3.8) is 0 Å². The average molecular weight is 843 g/mol. The summed E-state index contributed by atoms with van der Waals surface area (Å²) in [5.41, 5.74) is 12.9. The number of rotatable bonds is 8. The lowest BCUT2D eigenvalue weighted by Crippen LogP contribution is -2.34. The van der Waals surface area contributed by atoms with Crippen LogP contribution < -0.4 is 14.5 Å². The van der Waals surface area contributed by atoms with Crippen molar-refractivity contribution in [1.29, 1.82) is 0 Å². The van der Waals surface area contributed by atoms with Crippen LogP contribution in [-0.4, -0.2) is 16.2 Å². The first kappa shape index (κ1) is 42.7. The van der Waals surface area contributed by atoms with E-state index >= 15 is 0 Å². The third-order valence-corrected chi connectivity index (χ3v) is 13.0. The largest absolute Gasteiger partial charge is 0.457 e. The van der Waals surface area contributed by atoms with Gasteiger partial charge in [-0.1, -0.05) is 155 Å². The molecule has 64 heavy (non-hydrogen) atoms. The Morgan fingerprint density at radius 3 is 1.84 bits per heavy atom. The Hall–Kier alpha value is -6.59. The molecule has 0 unspecified atom stereocenters. The van der Waals surface area contributed by atoms with Crippen LogP contribution in [-0.2, 0) is 21.7 Å². The molecule has 0 atom stereocenters. The summed E-state index contributed by atoms with van der Waals surface area (Å²) in [7, 11) is 0. The van der Waals surface area contributed by atoms with Gasteiger partial charge in [0.15, 0.2) is 0 Å². The van der Waals surface area contributed by atoms with Crippen molar-refractivity contribution in [3.05, 3.63) is 192 Å². The Morgan fingerprint density at radius 2 is 1.14 bits per heavy atom. The zero-order valence-electron chi connectivity index (χ0n) is 39.5. The monoisotopic (exact) mass is 842 g/mol. The number of ether oxygens (including phenoxy) is 1. The number of hydrogen-bond donors (Lipinski definition) is 0. The van der Waals surface area contributed by atoms with Crippen LogP contribution in [0.15, 0.2) is 170 Å². The Morgan fingerprint density at radius 1 is 0.469 bits per heavy atom. The van der Waals surface area contributed by atoms with Crippen molar-refractivity contribution in [2.75, 3.05) is 16.5 Å². The van der Waals surface area contributed by atoms with E-state index in [1.165, 1.54) is 55.5 Å². The van der Waals surface area contributed by atoms with E-state index in [1.807, 2.05) is 6.20 Å². The summed E-state index contributed by atoms with van der Waals surface area (Å²) in [6.45, 7) is 25.8. The molecular weight excluding hydrogens is 781 g/mol. The second kappa shape index (κ2) is 15.9. The van der Waals surface area contributed by atoms with Crippen LogP contribution in [0.5, 0.6) is 11.5 Å². The quantitative estimate of drug-likeness (QED) is 0.153. The molecule has 0 radical (unpaired) electrons. The predicted octanol–water partition coefficient (Wildman–Crippen LogP) is 15.6. The van der Waals surface area contributed by atoms with Crippen molar-refractivity contribution in [1.82, 2.24) is 9.55 Å². The van der Waals surface area contributed by atoms with Crippen LogP contribution in [0.3, 0.4) is 0 Å².